The van der Waals surface area contributed by atoms with E-state index in [2.05, 4.69) is 21.2 Å². The van der Waals surface area contributed by atoms with E-state index in [-0.39, 0.29) is 6.10 Å². The summed E-state index contributed by atoms with van der Waals surface area (Å²) in [5.74, 6) is 2.74. The van der Waals surface area contributed by atoms with E-state index in [9.17, 15) is 0 Å². The summed E-state index contributed by atoms with van der Waals surface area (Å²) in [4.78, 5) is 0. The topological polar surface area (TPSA) is 34.4 Å². The van der Waals surface area contributed by atoms with Crippen molar-refractivity contribution in [2.75, 3.05) is 11.9 Å². The monoisotopic (exact) mass is 307 g/mol. The third kappa shape index (κ3) is 2.01. The number of fused-ring (bicyclic) bond motifs is 1. The van der Waals surface area contributed by atoms with E-state index < -0.39 is 0 Å². The van der Waals surface area contributed by atoms with Gasteiger partial charge in [-0.2, -0.15) is 0 Å². The highest BCUT2D eigenvalue weighted by Crippen LogP contribution is 2.37. The highest BCUT2D eigenvalue weighted by atomic mass is 79.9. The molecular weight excluding hydrogens is 294 g/mol. The van der Waals surface area contributed by atoms with Crippen molar-refractivity contribution in [3.05, 3.63) is 45.8 Å². The van der Waals surface area contributed by atoms with Crippen molar-refractivity contribution in [1.82, 2.24) is 0 Å². The number of nitrogens with one attached hydrogen (secondary N) is 1. The molecule has 1 unspecified atom stereocenters. The summed E-state index contributed by atoms with van der Waals surface area (Å²) in [6, 6.07) is 8.03. The fourth-order valence-corrected chi connectivity index (χ4v) is 2.65. The van der Waals surface area contributed by atoms with Crippen LogP contribution in [0.2, 0.25) is 0 Å². The maximum atomic E-state index is 6.02. The van der Waals surface area contributed by atoms with E-state index in [1.54, 1.807) is 0 Å². The standard InChI is InChI=1S/C14H14BrNO2/c1-8-5-11(9(2)17-8)14-7-16-12-6-10(15)3-4-13(12)18-14/h3-6,14,16H,7H2,1-2H3. The predicted molar refractivity (Wildman–Crippen MR) is 74.2 cm³/mol. The summed E-state index contributed by atoms with van der Waals surface area (Å²) in [6.07, 6.45) is 0.0103. The Morgan fingerprint density at radius 2 is 2.11 bits per heavy atom. The number of ether oxygens (including phenoxy) is 1. The van der Waals surface area contributed by atoms with Crippen LogP contribution in [-0.4, -0.2) is 6.54 Å². The van der Waals surface area contributed by atoms with Gasteiger partial charge in [0.05, 0.1) is 12.2 Å². The zero-order chi connectivity index (χ0) is 12.7. The number of rotatable bonds is 1. The quantitative estimate of drug-likeness (QED) is 0.857. The Hall–Kier alpha value is -1.42. The number of hydrogen-bond acceptors (Lipinski definition) is 3. The Morgan fingerprint density at radius 3 is 2.83 bits per heavy atom. The van der Waals surface area contributed by atoms with E-state index >= 15 is 0 Å². The highest BCUT2D eigenvalue weighted by Gasteiger charge is 2.24. The van der Waals surface area contributed by atoms with Crippen molar-refractivity contribution in [2.24, 2.45) is 0 Å². The second-order valence-electron chi connectivity index (χ2n) is 4.50. The van der Waals surface area contributed by atoms with Crippen molar-refractivity contribution < 1.29 is 9.15 Å². The summed E-state index contributed by atoms with van der Waals surface area (Å²) < 4.78 is 12.6. The van der Waals surface area contributed by atoms with Gasteiger partial charge in [-0.25, -0.2) is 0 Å². The Labute approximate surface area is 114 Å². The van der Waals surface area contributed by atoms with Crippen LogP contribution in [0, 0.1) is 13.8 Å². The molecule has 0 bridgehead atoms. The average Bonchev–Trinajstić information content (AvgIpc) is 2.68. The van der Waals surface area contributed by atoms with Crippen molar-refractivity contribution in [1.29, 1.82) is 0 Å². The van der Waals surface area contributed by atoms with Crippen molar-refractivity contribution >= 4 is 21.6 Å². The molecule has 2 aromatic rings. The van der Waals surface area contributed by atoms with Gasteiger partial charge in [0, 0.05) is 10.0 Å². The molecule has 1 aliphatic rings. The van der Waals surface area contributed by atoms with Crippen molar-refractivity contribution in [3.8, 4) is 5.75 Å². The maximum Gasteiger partial charge on any atom is 0.144 e. The Morgan fingerprint density at radius 1 is 1.28 bits per heavy atom. The maximum absolute atomic E-state index is 6.02. The molecule has 1 N–H and O–H groups in total. The zero-order valence-corrected chi connectivity index (χ0v) is 11.9. The molecule has 0 radical (unpaired) electrons. The van der Waals surface area contributed by atoms with Gasteiger partial charge in [-0.15, -0.1) is 0 Å². The first-order chi connectivity index (χ1) is 8.63. The average molecular weight is 308 g/mol. The first-order valence-electron chi connectivity index (χ1n) is 5.90. The smallest absolute Gasteiger partial charge is 0.144 e. The second-order valence-corrected chi connectivity index (χ2v) is 5.41. The molecule has 0 spiro atoms. The first kappa shape index (κ1) is 11.7. The Kier molecular flexibility index (Phi) is 2.82. The molecule has 0 fully saturated rings. The number of aryl methyl sites for hydroxylation is 2. The van der Waals surface area contributed by atoms with E-state index in [1.165, 1.54) is 0 Å². The molecule has 1 aromatic heterocycles. The van der Waals surface area contributed by atoms with Gasteiger partial charge < -0.3 is 14.5 Å². The normalized spacial score (nSPS) is 17.8. The van der Waals surface area contributed by atoms with Gasteiger partial charge in [0.15, 0.2) is 0 Å². The minimum Gasteiger partial charge on any atom is -0.482 e. The lowest BCUT2D eigenvalue weighted by Crippen LogP contribution is -2.23. The second kappa shape index (κ2) is 4.35. The molecule has 0 saturated carbocycles. The van der Waals surface area contributed by atoms with Gasteiger partial charge >= 0.3 is 0 Å². The van der Waals surface area contributed by atoms with Crippen LogP contribution >= 0.6 is 15.9 Å². The van der Waals surface area contributed by atoms with Crippen LogP contribution in [0.3, 0.4) is 0 Å². The van der Waals surface area contributed by atoms with Gasteiger partial charge in [0.2, 0.25) is 0 Å². The van der Waals surface area contributed by atoms with Gasteiger partial charge in [0.25, 0.3) is 0 Å². The minimum atomic E-state index is 0.0103. The summed E-state index contributed by atoms with van der Waals surface area (Å²) in [5.41, 5.74) is 2.15. The molecule has 0 aliphatic carbocycles. The molecule has 3 nitrogen and oxygen atoms in total. The van der Waals surface area contributed by atoms with E-state index in [1.807, 2.05) is 38.1 Å². The number of benzene rings is 1. The molecule has 18 heavy (non-hydrogen) atoms. The number of anilines is 1. The lowest BCUT2D eigenvalue weighted by molar-refractivity contribution is 0.208. The molecule has 1 atom stereocenters. The molecule has 94 valence electrons. The molecular formula is C14H14BrNO2. The van der Waals surface area contributed by atoms with Crippen molar-refractivity contribution in [3.63, 3.8) is 0 Å². The molecule has 0 saturated heterocycles. The lowest BCUT2D eigenvalue weighted by Gasteiger charge is -2.27. The van der Waals surface area contributed by atoms with Crippen LogP contribution in [-0.2, 0) is 0 Å². The predicted octanol–water partition coefficient (Wildman–Crippen LogP) is 4.20. The van der Waals surface area contributed by atoms with Gasteiger partial charge in [0.1, 0.15) is 23.4 Å². The van der Waals surface area contributed by atoms with Gasteiger partial charge in [-0.1, -0.05) is 15.9 Å². The van der Waals surface area contributed by atoms with E-state index in [0.717, 1.165) is 39.5 Å². The summed E-state index contributed by atoms with van der Waals surface area (Å²) in [5, 5.41) is 3.39. The van der Waals surface area contributed by atoms with Gasteiger partial charge in [-0.05, 0) is 38.1 Å². The molecule has 0 amide bonds. The molecule has 1 aliphatic heterocycles. The molecule has 1 aromatic carbocycles. The Balaban J connectivity index is 1.91. The van der Waals surface area contributed by atoms with Crippen LogP contribution in [0.5, 0.6) is 5.75 Å². The minimum absolute atomic E-state index is 0.0103. The number of hydrogen-bond donors (Lipinski definition) is 1. The highest BCUT2D eigenvalue weighted by molar-refractivity contribution is 9.10. The summed E-state index contributed by atoms with van der Waals surface area (Å²) in [7, 11) is 0. The number of halogens is 1. The van der Waals surface area contributed by atoms with Gasteiger partial charge in [-0.3, -0.25) is 0 Å². The fourth-order valence-electron chi connectivity index (χ4n) is 2.28. The Bertz CT molecular complexity index is 591. The van der Waals surface area contributed by atoms with Crippen molar-refractivity contribution in [2.45, 2.75) is 20.0 Å². The van der Waals surface area contributed by atoms with Crippen LogP contribution in [0.1, 0.15) is 23.2 Å². The zero-order valence-electron chi connectivity index (χ0n) is 10.3. The van der Waals surface area contributed by atoms with Crippen LogP contribution in [0.25, 0.3) is 0 Å². The fraction of sp³-hybridized carbons (Fsp3) is 0.286. The first-order valence-corrected chi connectivity index (χ1v) is 6.70. The largest absolute Gasteiger partial charge is 0.482 e. The van der Waals surface area contributed by atoms with Crippen LogP contribution < -0.4 is 10.1 Å². The van der Waals surface area contributed by atoms with E-state index in [4.69, 9.17) is 9.15 Å². The SMILES string of the molecule is Cc1cc(C2CNc3cc(Br)ccc3O2)c(C)o1. The molecule has 3 rings (SSSR count). The van der Waals surface area contributed by atoms with Crippen LogP contribution in [0.15, 0.2) is 33.2 Å². The summed E-state index contributed by atoms with van der Waals surface area (Å²) >= 11 is 3.45. The third-order valence-electron chi connectivity index (χ3n) is 3.11. The molecule has 2 heterocycles. The molecule has 4 heteroatoms. The summed E-state index contributed by atoms with van der Waals surface area (Å²) in [6.45, 7) is 4.68. The van der Waals surface area contributed by atoms with E-state index in [0.29, 0.717) is 0 Å². The lowest BCUT2D eigenvalue weighted by atomic mass is 10.1. The third-order valence-corrected chi connectivity index (χ3v) is 3.61. The number of furan rings is 1. The van der Waals surface area contributed by atoms with Crippen LogP contribution in [0.4, 0.5) is 5.69 Å².